The fourth-order valence-corrected chi connectivity index (χ4v) is 10.0. The van der Waals surface area contributed by atoms with Gasteiger partial charge in [-0.25, -0.2) is 17.6 Å². The second kappa shape index (κ2) is 17.8. The Bertz CT molecular complexity index is 2940. The molecule has 2 fully saturated rings. The van der Waals surface area contributed by atoms with Crippen LogP contribution in [0.15, 0.2) is 67.0 Å². The molecule has 13 nitrogen and oxygen atoms in total. The molecule has 6 aromatic rings. The lowest BCUT2D eigenvalue weighted by Gasteiger charge is -2.39. The van der Waals surface area contributed by atoms with Crippen LogP contribution < -0.4 is 5.32 Å². The van der Waals surface area contributed by atoms with Crippen molar-refractivity contribution in [3.8, 4) is 11.1 Å². The second-order valence-corrected chi connectivity index (χ2v) is 18.0. The van der Waals surface area contributed by atoms with E-state index in [2.05, 4.69) is 20.5 Å². The Hall–Kier alpha value is -6.33. The molecule has 0 spiro atoms. The molecule has 3 aliphatic heterocycles. The number of nitrogens with one attached hydrogen (secondary N) is 2. The van der Waals surface area contributed by atoms with Crippen molar-refractivity contribution in [2.24, 2.45) is 0 Å². The Morgan fingerprint density at radius 3 is 2.56 bits per heavy atom. The summed E-state index contributed by atoms with van der Waals surface area (Å²) in [5.41, 5.74) is 3.16. The third-order valence-corrected chi connectivity index (χ3v) is 13.4. The average Bonchev–Trinajstić information content (AvgIpc) is 4.06. The zero-order valence-corrected chi connectivity index (χ0v) is 37.4. The number of halogens is 5. The average molecular weight is 926 g/mol. The normalized spacial score (nSPS) is 19.1. The van der Waals surface area contributed by atoms with Gasteiger partial charge in [-0.15, -0.1) is 0 Å². The number of rotatable bonds is 11. The molecule has 0 radical (unpaired) electrons. The standard InChI is InChI=1S/C48H48ClF4N9O4/c1-27-43-28(7-4-9-39(43)62(57-27)40-10-11-41(63)56-46(40)65)12-18-59-19-13-35(48(52,53)26-59)34-22-36(49)32(23-37(34)50)31-21-30(44(51)45-33(31)24-38(55-45)47(66)58(2)3)29-8-5-16-60(25-29)42(64)14-20-61-17-6-15-54-61/h4,6-9,15,17,21-24,35,40,55H,5,10-14,16,18-20,25-26H2,1-3H3,(H,56,63,65)/t35-,40?/m1/s1. The number of likely N-dealkylation sites (tertiary alicyclic amines) is 1. The number of carbonyl (C=O) groups is 4. The number of imide groups is 1. The molecule has 0 bridgehead atoms. The first kappa shape index (κ1) is 44.9. The van der Waals surface area contributed by atoms with E-state index in [0.29, 0.717) is 43.6 Å². The largest absolute Gasteiger partial charge is 0.348 e. The molecule has 1 unspecified atom stereocenters. The topological polar surface area (TPSA) is 141 Å². The number of fused-ring (bicyclic) bond motifs is 2. The van der Waals surface area contributed by atoms with Crippen LogP contribution in [0.5, 0.6) is 0 Å². The van der Waals surface area contributed by atoms with Gasteiger partial charge in [-0.05, 0) is 97.8 Å². The molecule has 3 aromatic heterocycles. The molecule has 0 saturated carbocycles. The molecule has 3 aliphatic rings. The van der Waals surface area contributed by atoms with Gasteiger partial charge in [0.15, 0.2) is 5.82 Å². The molecule has 0 aliphatic carbocycles. The van der Waals surface area contributed by atoms with Crippen LogP contribution in [0.2, 0.25) is 5.02 Å². The molecule has 2 N–H and O–H groups in total. The molecule has 18 heteroatoms. The Balaban J connectivity index is 0.963. The van der Waals surface area contributed by atoms with Gasteiger partial charge in [-0.2, -0.15) is 10.2 Å². The van der Waals surface area contributed by atoms with Gasteiger partial charge in [0.1, 0.15) is 17.6 Å². The van der Waals surface area contributed by atoms with Crippen LogP contribution in [0.1, 0.15) is 76.9 Å². The SMILES string of the molecule is Cc1nn(C2CCC(=O)NC2=O)c2cccc(CCN3CC[C@H](c4cc(Cl)c(-c5cc(C6=CCCN(C(=O)CCn7cccn7)C6)c(F)c6[nH]c(C(=O)N(C)C)cc56)cc4F)C(F)(F)C3)c12. The fourth-order valence-electron chi connectivity index (χ4n) is 9.75. The van der Waals surface area contributed by atoms with Crippen LogP contribution in [0.25, 0.3) is 38.5 Å². The summed E-state index contributed by atoms with van der Waals surface area (Å²) in [6.45, 7) is 2.67. The molecule has 344 valence electrons. The maximum atomic E-state index is 16.7. The number of alkyl halides is 2. The number of aryl methyl sites for hydroxylation is 2. The summed E-state index contributed by atoms with van der Waals surface area (Å²) in [5, 5.41) is 12.2. The molecular weight excluding hydrogens is 878 g/mol. The second-order valence-electron chi connectivity index (χ2n) is 17.6. The van der Waals surface area contributed by atoms with E-state index in [1.165, 1.54) is 23.1 Å². The Labute approximate surface area is 382 Å². The summed E-state index contributed by atoms with van der Waals surface area (Å²) in [6.07, 6.45) is 6.77. The number of H-pyrrole nitrogens is 1. The third kappa shape index (κ3) is 8.49. The smallest absolute Gasteiger partial charge is 0.269 e. The van der Waals surface area contributed by atoms with Gasteiger partial charge in [0.05, 0.1) is 29.2 Å². The van der Waals surface area contributed by atoms with Gasteiger partial charge in [0.2, 0.25) is 11.8 Å². The predicted molar refractivity (Wildman–Crippen MR) is 241 cm³/mol. The molecule has 3 aromatic carbocycles. The first-order valence-electron chi connectivity index (χ1n) is 22.0. The minimum atomic E-state index is -3.34. The Morgan fingerprint density at radius 2 is 1.82 bits per heavy atom. The van der Waals surface area contributed by atoms with Crippen LogP contribution in [0.3, 0.4) is 0 Å². The first-order valence-corrected chi connectivity index (χ1v) is 22.4. The lowest BCUT2D eigenvalue weighted by Crippen LogP contribution is -2.48. The van der Waals surface area contributed by atoms with Crippen molar-refractivity contribution in [3.05, 3.63) is 112 Å². The van der Waals surface area contributed by atoms with E-state index in [-0.39, 0.29) is 94.6 Å². The highest BCUT2D eigenvalue weighted by Crippen LogP contribution is 2.46. The Morgan fingerprint density at radius 1 is 1.00 bits per heavy atom. The van der Waals surface area contributed by atoms with Crippen molar-refractivity contribution in [1.29, 1.82) is 0 Å². The number of aromatic nitrogens is 5. The minimum Gasteiger partial charge on any atom is -0.348 e. The van der Waals surface area contributed by atoms with Crippen molar-refractivity contribution in [2.75, 3.05) is 46.8 Å². The van der Waals surface area contributed by atoms with Gasteiger partial charge >= 0.3 is 0 Å². The highest BCUT2D eigenvalue weighted by molar-refractivity contribution is 6.34. The summed E-state index contributed by atoms with van der Waals surface area (Å²) in [5.74, 6) is -7.69. The first-order chi connectivity index (χ1) is 31.6. The van der Waals surface area contributed by atoms with Crippen molar-refractivity contribution in [2.45, 2.75) is 69.9 Å². The molecule has 2 atom stereocenters. The predicted octanol–water partition coefficient (Wildman–Crippen LogP) is 7.67. The molecule has 2 saturated heterocycles. The highest BCUT2D eigenvalue weighted by atomic mass is 35.5. The molecule has 6 heterocycles. The van der Waals surface area contributed by atoms with Crippen LogP contribution in [-0.2, 0) is 27.3 Å². The van der Waals surface area contributed by atoms with E-state index in [4.69, 9.17) is 11.6 Å². The molecule has 66 heavy (non-hydrogen) atoms. The number of amides is 4. The number of hydrogen-bond donors (Lipinski definition) is 2. The van der Waals surface area contributed by atoms with E-state index in [9.17, 15) is 19.2 Å². The summed E-state index contributed by atoms with van der Waals surface area (Å²) in [4.78, 5) is 58.4. The van der Waals surface area contributed by atoms with Crippen molar-refractivity contribution >= 4 is 62.6 Å². The van der Waals surface area contributed by atoms with Crippen LogP contribution in [-0.4, -0.2) is 116 Å². The number of piperidine rings is 2. The zero-order valence-electron chi connectivity index (χ0n) is 36.6. The van der Waals surface area contributed by atoms with Crippen molar-refractivity contribution in [3.63, 3.8) is 0 Å². The highest BCUT2D eigenvalue weighted by Gasteiger charge is 2.46. The lowest BCUT2D eigenvalue weighted by atomic mass is 9.84. The zero-order chi connectivity index (χ0) is 46.6. The minimum absolute atomic E-state index is 0.0234. The van der Waals surface area contributed by atoms with Gasteiger partial charge in [-0.3, -0.25) is 38.8 Å². The van der Waals surface area contributed by atoms with E-state index in [1.54, 1.807) is 51.7 Å². The van der Waals surface area contributed by atoms with Gasteiger partial charge in [0, 0.05) is 92.4 Å². The fraction of sp³-hybridized carbons (Fsp3) is 0.375. The summed E-state index contributed by atoms with van der Waals surface area (Å²) in [6, 6.07) is 12.1. The van der Waals surface area contributed by atoms with Crippen LogP contribution in [0, 0.1) is 18.6 Å². The van der Waals surface area contributed by atoms with Gasteiger partial charge < -0.3 is 14.8 Å². The number of nitrogens with zero attached hydrogens (tertiary/aromatic N) is 7. The number of aromatic amines is 1. The van der Waals surface area contributed by atoms with E-state index in [1.807, 2.05) is 31.2 Å². The van der Waals surface area contributed by atoms with Crippen LogP contribution >= 0.6 is 11.6 Å². The lowest BCUT2D eigenvalue weighted by molar-refractivity contribution is -0.136. The van der Waals surface area contributed by atoms with Crippen molar-refractivity contribution in [1.82, 2.24) is 44.6 Å². The van der Waals surface area contributed by atoms with Gasteiger partial charge in [-0.1, -0.05) is 29.8 Å². The molecular formula is C48H48ClF4N9O4. The van der Waals surface area contributed by atoms with E-state index >= 15 is 17.6 Å². The summed E-state index contributed by atoms with van der Waals surface area (Å²) >= 11 is 6.94. The third-order valence-electron chi connectivity index (χ3n) is 13.1. The number of hydrogen-bond acceptors (Lipinski definition) is 7. The monoisotopic (exact) mass is 925 g/mol. The van der Waals surface area contributed by atoms with E-state index < -0.39 is 47.9 Å². The summed E-state index contributed by atoms with van der Waals surface area (Å²) < 4.78 is 69.0. The quantitative estimate of drug-likeness (QED) is 0.100. The van der Waals surface area contributed by atoms with Crippen molar-refractivity contribution < 1.29 is 36.7 Å². The molecule has 9 rings (SSSR count). The van der Waals surface area contributed by atoms with Gasteiger partial charge in [0.25, 0.3) is 17.7 Å². The Kier molecular flexibility index (Phi) is 12.1. The molecule has 4 amide bonds. The number of carbonyl (C=O) groups excluding carboxylic acids is 4. The summed E-state index contributed by atoms with van der Waals surface area (Å²) in [7, 11) is 3.11. The van der Waals surface area contributed by atoms with E-state index in [0.717, 1.165) is 22.5 Å². The van der Waals surface area contributed by atoms with Crippen LogP contribution in [0.4, 0.5) is 17.6 Å². The maximum Gasteiger partial charge on any atom is 0.269 e. The number of benzene rings is 3. The maximum absolute atomic E-state index is 16.7.